The molecule has 1 saturated heterocycles. The van der Waals surface area contributed by atoms with Gasteiger partial charge in [-0.25, -0.2) is 9.59 Å². The Kier molecular flexibility index (Phi) is 6.13. The van der Waals surface area contributed by atoms with Gasteiger partial charge in [0.15, 0.2) is 0 Å². The number of hydrogen-bond donors (Lipinski definition) is 1. The molecule has 0 saturated carbocycles. The summed E-state index contributed by atoms with van der Waals surface area (Å²) in [6.07, 6.45) is -0.930. The standard InChI is InChI=1S/C18H23BrClNO5/c1-9-6-13(14(19)10(2)15(9)20)25-11-7-12(16(22)23)21(8-11)17(24)26-18(3,4)5/h6,11-12H,7-8H2,1-5H3,(H,22,23)/t11-,12-/m1/s1. The predicted octanol–water partition coefficient (Wildman–Crippen LogP) is 4.56. The minimum Gasteiger partial charge on any atom is -0.487 e. The van der Waals surface area contributed by atoms with Crippen molar-refractivity contribution in [2.45, 2.75) is 58.8 Å². The van der Waals surface area contributed by atoms with Gasteiger partial charge in [-0.15, -0.1) is 0 Å². The van der Waals surface area contributed by atoms with E-state index >= 15 is 0 Å². The molecule has 2 atom stereocenters. The Morgan fingerprint density at radius 3 is 2.50 bits per heavy atom. The molecule has 6 nitrogen and oxygen atoms in total. The molecule has 26 heavy (non-hydrogen) atoms. The minimum atomic E-state index is -1.08. The smallest absolute Gasteiger partial charge is 0.411 e. The van der Waals surface area contributed by atoms with E-state index in [-0.39, 0.29) is 13.0 Å². The number of carbonyl (C=O) groups is 2. The van der Waals surface area contributed by atoms with Crippen LogP contribution in [-0.2, 0) is 9.53 Å². The van der Waals surface area contributed by atoms with Gasteiger partial charge in [0, 0.05) is 11.4 Å². The second-order valence-corrected chi connectivity index (χ2v) is 8.58. The van der Waals surface area contributed by atoms with Crippen LogP contribution in [0.3, 0.4) is 0 Å². The molecule has 1 N–H and O–H groups in total. The van der Waals surface area contributed by atoms with Gasteiger partial charge in [0.1, 0.15) is 23.5 Å². The number of likely N-dealkylation sites (tertiary alicyclic amines) is 1. The number of carbonyl (C=O) groups excluding carboxylic acids is 1. The van der Waals surface area contributed by atoms with Crippen LogP contribution in [0.5, 0.6) is 5.75 Å². The fourth-order valence-electron chi connectivity index (χ4n) is 2.80. The molecule has 1 amide bonds. The Bertz CT molecular complexity index is 731. The topological polar surface area (TPSA) is 76.1 Å². The molecule has 144 valence electrons. The molecule has 1 fully saturated rings. The highest BCUT2D eigenvalue weighted by Gasteiger charge is 2.42. The van der Waals surface area contributed by atoms with Crippen molar-refractivity contribution in [1.29, 1.82) is 0 Å². The van der Waals surface area contributed by atoms with E-state index in [1.165, 1.54) is 4.90 Å². The van der Waals surface area contributed by atoms with Crippen molar-refractivity contribution >= 4 is 39.6 Å². The third-order valence-corrected chi connectivity index (χ3v) is 5.61. The van der Waals surface area contributed by atoms with Gasteiger partial charge in [0.25, 0.3) is 0 Å². The van der Waals surface area contributed by atoms with Gasteiger partial charge in [-0.3, -0.25) is 4.90 Å². The number of benzene rings is 1. The van der Waals surface area contributed by atoms with Gasteiger partial charge >= 0.3 is 12.1 Å². The average molecular weight is 449 g/mol. The number of rotatable bonds is 3. The van der Waals surface area contributed by atoms with Crippen LogP contribution in [0, 0.1) is 13.8 Å². The maximum atomic E-state index is 12.4. The second kappa shape index (κ2) is 7.64. The Morgan fingerprint density at radius 2 is 1.96 bits per heavy atom. The molecule has 0 aromatic heterocycles. The van der Waals surface area contributed by atoms with E-state index in [4.69, 9.17) is 21.1 Å². The van der Waals surface area contributed by atoms with E-state index in [1.54, 1.807) is 26.8 Å². The number of aryl methyl sites for hydroxylation is 1. The number of carboxylic acid groups (broad SMARTS) is 1. The monoisotopic (exact) mass is 447 g/mol. The van der Waals surface area contributed by atoms with Crippen LogP contribution in [-0.4, -0.2) is 46.4 Å². The fourth-order valence-corrected chi connectivity index (χ4v) is 3.47. The van der Waals surface area contributed by atoms with E-state index in [1.807, 2.05) is 13.8 Å². The van der Waals surface area contributed by atoms with Gasteiger partial charge in [-0.2, -0.15) is 0 Å². The van der Waals surface area contributed by atoms with Crippen LogP contribution in [0.4, 0.5) is 4.79 Å². The first-order valence-corrected chi connectivity index (χ1v) is 9.42. The first kappa shape index (κ1) is 20.8. The zero-order chi connectivity index (χ0) is 19.8. The Balaban J connectivity index is 2.20. The van der Waals surface area contributed by atoms with Crippen LogP contribution >= 0.6 is 27.5 Å². The van der Waals surface area contributed by atoms with Crippen molar-refractivity contribution in [2.75, 3.05) is 6.54 Å². The van der Waals surface area contributed by atoms with Crippen LogP contribution < -0.4 is 4.74 Å². The molecular weight excluding hydrogens is 426 g/mol. The third-order valence-electron chi connectivity index (χ3n) is 4.04. The third kappa shape index (κ3) is 4.62. The van der Waals surface area contributed by atoms with Crippen molar-refractivity contribution in [1.82, 2.24) is 4.90 Å². The molecule has 1 aliphatic rings. The molecule has 1 aliphatic heterocycles. The van der Waals surface area contributed by atoms with E-state index in [9.17, 15) is 14.7 Å². The molecule has 0 aliphatic carbocycles. The summed E-state index contributed by atoms with van der Waals surface area (Å²) in [7, 11) is 0. The fraction of sp³-hybridized carbons (Fsp3) is 0.556. The lowest BCUT2D eigenvalue weighted by Crippen LogP contribution is -2.43. The molecule has 0 spiro atoms. The van der Waals surface area contributed by atoms with Gasteiger partial charge in [0.2, 0.25) is 0 Å². The highest BCUT2D eigenvalue weighted by Crippen LogP contribution is 2.37. The number of carboxylic acids is 1. The minimum absolute atomic E-state index is 0.138. The summed E-state index contributed by atoms with van der Waals surface area (Å²) in [5.74, 6) is -0.505. The van der Waals surface area contributed by atoms with Crippen molar-refractivity contribution in [3.63, 3.8) is 0 Å². The van der Waals surface area contributed by atoms with Gasteiger partial charge in [-0.1, -0.05) is 11.6 Å². The van der Waals surface area contributed by atoms with Gasteiger partial charge in [-0.05, 0) is 67.7 Å². The quantitative estimate of drug-likeness (QED) is 0.733. The lowest BCUT2D eigenvalue weighted by atomic mass is 10.1. The lowest BCUT2D eigenvalue weighted by molar-refractivity contribution is -0.142. The zero-order valence-corrected chi connectivity index (χ0v) is 17.8. The first-order valence-electron chi connectivity index (χ1n) is 8.25. The van der Waals surface area contributed by atoms with Crippen molar-refractivity contribution in [2.24, 2.45) is 0 Å². The van der Waals surface area contributed by atoms with Crippen LogP contribution in [0.25, 0.3) is 0 Å². The summed E-state index contributed by atoms with van der Waals surface area (Å²) < 4.78 is 12.0. The highest BCUT2D eigenvalue weighted by molar-refractivity contribution is 9.10. The Morgan fingerprint density at radius 1 is 1.35 bits per heavy atom. The average Bonchev–Trinajstić information content (AvgIpc) is 2.93. The molecule has 2 rings (SSSR count). The molecule has 1 heterocycles. The zero-order valence-electron chi connectivity index (χ0n) is 15.4. The lowest BCUT2D eigenvalue weighted by Gasteiger charge is -2.26. The van der Waals surface area contributed by atoms with E-state index in [0.29, 0.717) is 10.8 Å². The Labute approximate surface area is 166 Å². The number of hydrogen-bond acceptors (Lipinski definition) is 4. The SMILES string of the molecule is Cc1cc(O[C@@H]2C[C@H](C(=O)O)N(C(=O)OC(C)(C)C)C2)c(Br)c(C)c1Cl. The molecular formula is C18H23BrClNO5. The summed E-state index contributed by atoms with van der Waals surface area (Å²) in [6.45, 7) is 9.09. The molecule has 8 heteroatoms. The van der Waals surface area contributed by atoms with Crippen LogP contribution in [0.2, 0.25) is 5.02 Å². The number of aliphatic carboxylic acids is 1. The van der Waals surface area contributed by atoms with E-state index in [0.717, 1.165) is 15.6 Å². The summed E-state index contributed by atoms with van der Waals surface area (Å²) >= 11 is 9.70. The normalized spacial score (nSPS) is 20.2. The number of amides is 1. The van der Waals surface area contributed by atoms with Gasteiger partial charge < -0.3 is 14.6 Å². The number of nitrogens with zero attached hydrogens (tertiary/aromatic N) is 1. The summed E-state index contributed by atoms with van der Waals surface area (Å²) in [5, 5.41) is 10.1. The van der Waals surface area contributed by atoms with Crippen molar-refractivity contribution < 1.29 is 24.2 Å². The highest BCUT2D eigenvalue weighted by atomic mass is 79.9. The molecule has 1 aromatic rings. The van der Waals surface area contributed by atoms with Crippen molar-refractivity contribution in [3.05, 3.63) is 26.7 Å². The van der Waals surface area contributed by atoms with E-state index < -0.39 is 29.8 Å². The predicted molar refractivity (Wildman–Crippen MR) is 102 cm³/mol. The summed E-state index contributed by atoms with van der Waals surface area (Å²) in [4.78, 5) is 25.1. The Hall–Kier alpha value is -1.47. The van der Waals surface area contributed by atoms with Crippen LogP contribution in [0.1, 0.15) is 38.3 Å². The largest absolute Gasteiger partial charge is 0.487 e. The number of ether oxygens (including phenoxy) is 2. The summed E-state index contributed by atoms with van der Waals surface area (Å²) in [6, 6.07) is 0.814. The van der Waals surface area contributed by atoms with E-state index in [2.05, 4.69) is 15.9 Å². The molecule has 0 unspecified atom stereocenters. The molecule has 0 bridgehead atoms. The second-order valence-electron chi connectivity index (χ2n) is 7.41. The van der Waals surface area contributed by atoms with Gasteiger partial charge in [0.05, 0.1) is 11.0 Å². The maximum Gasteiger partial charge on any atom is 0.411 e. The first-order chi connectivity index (χ1) is 11.9. The summed E-state index contributed by atoms with van der Waals surface area (Å²) in [5.41, 5.74) is 1.00. The van der Waals surface area contributed by atoms with Crippen LogP contribution in [0.15, 0.2) is 10.5 Å². The maximum absolute atomic E-state index is 12.4. The number of halogens is 2. The molecule has 0 radical (unpaired) electrons. The molecule has 1 aromatic carbocycles. The van der Waals surface area contributed by atoms with Crippen molar-refractivity contribution in [3.8, 4) is 5.75 Å².